The normalized spacial score (nSPS) is 11.6. The number of benzene rings is 1. The van der Waals surface area contributed by atoms with Crippen molar-refractivity contribution in [3.05, 3.63) is 29.8 Å². The first kappa shape index (κ1) is 14.1. The number of terminal acetylenes is 1. The summed E-state index contributed by atoms with van der Waals surface area (Å²) in [5, 5.41) is 11.9. The maximum atomic E-state index is 11.2. The van der Waals surface area contributed by atoms with Crippen LogP contribution in [0.2, 0.25) is 0 Å². The van der Waals surface area contributed by atoms with Gasteiger partial charge in [-0.15, -0.1) is 6.42 Å². The Hall–Kier alpha value is -1.99. The highest BCUT2D eigenvalue weighted by atomic mass is 16.5. The van der Waals surface area contributed by atoms with Crippen LogP contribution in [0, 0.1) is 12.3 Å². The second kappa shape index (κ2) is 7.36. The summed E-state index contributed by atoms with van der Waals surface area (Å²) < 4.78 is 5.47. The van der Waals surface area contributed by atoms with Gasteiger partial charge in [0.2, 0.25) is 0 Å². The zero-order valence-corrected chi connectivity index (χ0v) is 10.3. The van der Waals surface area contributed by atoms with Gasteiger partial charge in [-0.2, -0.15) is 0 Å². The molecule has 0 amide bonds. The highest BCUT2D eigenvalue weighted by molar-refractivity contribution is 5.75. The first-order chi connectivity index (χ1) is 8.69. The third-order valence-corrected chi connectivity index (χ3v) is 2.32. The summed E-state index contributed by atoms with van der Waals surface area (Å²) in [5.74, 6) is 2.08. The number of carboxylic acids is 1. The minimum Gasteiger partial charge on any atom is -0.494 e. The SMILES string of the molecule is C#CCNC(C(=O)O)c1cccc(OCCC)c1. The number of ether oxygens (including phenoxy) is 1. The molecular formula is C14H17NO3. The van der Waals surface area contributed by atoms with Crippen LogP contribution in [0.15, 0.2) is 24.3 Å². The lowest BCUT2D eigenvalue weighted by Crippen LogP contribution is -2.28. The van der Waals surface area contributed by atoms with E-state index in [1.54, 1.807) is 24.3 Å². The number of rotatable bonds is 7. The predicted octanol–water partition coefficient (Wildman–Crippen LogP) is 1.82. The van der Waals surface area contributed by atoms with Crippen LogP contribution in [0.3, 0.4) is 0 Å². The van der Waals surface area contributed by atoms with E-state index in [0.717, 1.165) is 6.42 Å². The molecule has 0 saturated carbocycles. The van der Waals surface area contributed by atoms with Crippen molar-refractivity contribution in [1.82, 2.24) is 5.32 Å². The average Bonchev–Trinajstić information content (AvgIpc) is 2.37. The van der Waals surface area contributed by atoms with Crippen molar-refractivity contribution < 1.29 is 14.6 Å². The van der Waals surface area contributed by atoms with Crippen LogP contribution in [0.25, 0.3) is 0 Å². The van der Waals surface area contributed by atoms with E-state index in [1.165, 1.54) is 0 Å². The Morgan fingerprint density at radius 2 is 2.39 bits per heavy atom. The van der Waals surface area contributed by atoms with Gasteiger partial charge >= 0.3 is 5.97 Å². The number of carbonyl (C=O) groups is 1. The van der Waals surface area contributed by atoms with Crippen LogP contribution >= 0.6 is 0 Å². The van der Waals surface area contributed by atoms with Crippen molar-refractivity contribution in [2.45, 2.75) is 19.4 Å². The van der Waals surface area contributed by atoms with E-state index in [-0.39, 0.29) is 6.54 Å². The van der Waals surface area contributed by atoms with Crippen LogP contribution in [0.5, 0.6) is 5.75 Å². The molecule has 0 bridgehead atoms. The zero-order chi connectivity index (χ0) is 13.4. The number of aliphatic carboxylic acids is 1. The second-order valence-corrected chi connectivity index (χ2v) is 3.78. The van der Waals surface area contributed by atoms with E-state index in [0.29, 0.717) is 17.9 Å². The summed E-state index contributed by atoms with van der Waals surface area (Å²) in [6.07, 6.45) is 6.03. The lowest BCUT2D eigenvalue weighted by molar-refractivity contribution is -0.139. The van der Waals surface area contributed by atoms with E-state index in [4.69, 9.17) is 16.3 Å². The quantitative estimate of drug-likeness (QED) is 0.722. The molecule has 96 valence electrons. The number of hydrogen-bond acceptors (Lipinski definition) is 3. The summed E-state index contributed by atoms with van der Waals surface area (Å²) in [6.45, 7) is 2.83. The van der Waals surface area contributed by atoms with E-state index < -0.39 is 12.0 Å². The van der Waals surface area contributed by atoms with Crippen molar-refractivity contribution in [2.75, 3.05) is 13.2 Å². The van der Waals surface area contributed by atoms with Crippen molar-refractivity contribution in [2.24, 2.45) is 0 Å². The van der Waals surface area contributed by atoms with Crippen LogP contribution in [-0.2, 0) is 4.79 Å². The Bertz CT molecular complexity index is 437. The van der Waals surface area contributed by atoms with Gasteiger partial charge in [0.15, 0.2) is 0 Å². The molecule has 0 aliphatic heterocycles. The third-order valence-electron chi connectivity index (χ3n) is 2.32. The zero-order valence-electron chi connectivity index (χ0n) is 10.3. The molecule has 0 aliphatic rings. The molecule has 0 spiro atoms. The van der Waals surface area contributed by atoms with Crippen LogP contribution in [0.4, 0.5) is 0 Å². The van der Waals surface area contributed by atoms with Crippen LogP contribution in [-0.4, -0.2) is 24.2 Å². The van der Waals surface area contributed by atoms with Gasteiger partial charge in [0.25, 0.3) is 0 Å². The molecule has 0 heterocycles. The van der Waals surface area contributed by atoms with Crippen molar-refractivity contribution in [3.8, 4) is 18.1 Å². The minimum absolute atomic E-state index is 0.205. The smallest absolute Gasteiger partial charge is 0.325 e. The Labute approximate surface area is 107 Å². The van der Waals surface area contributed by atoms with E-state index >= 15 is 0 Å². The largest absolute Gasteiger partial charge is 0.494 e. The number of carboxylic acid groups (broad SMARTS) is 1. The molecule has 1 rings (SSSR count). The highest BCUT2D eigenvalue weighted by Crippen LogP contribution is 2.19. The molecule has 1 unspecified atom stereocenters. The average molecular weight is 247 g/mol. The number of hydrogen-bond donors (Lipinski definition) is 2. The summed E-state index contributed by atoms with van der Waals surface area (Å²) in [5.41, 5.74) is 0.631. The second-order valence-electron chi connectivity index (χ2n) is 3.78. The summed E-state index contributed by atoms with van der Waals surface area (Å²) >= 11 is 0. The van der Waals surface area contributed by atoms with Gasteiger partial charge in [-0.05, 0) is 24.1 Å². The molecule has 0 saturated heterocycles. The lowest BCUT2D eigenvalue weighted by atomic mass is 10.1. The maximum Gasteiger partial charge on any atom is 0.325 e. The molecule has 2 N–H and O–H groups in total. The van der Waals surface area contributed by atoms with Crippen molar-refractivity contribution >= 4 is 5.97 Å². The Kier molecular flexibility index (Phi) is 5.75. The van der Waals surface area contributed by atoms with Crippen molar-refractivity contribution in [1.29, 1.82) is 0 Å². The molecule has 1 aromatic rings. The fourth-order valence-electron chi connectivity index (χ4n) is 1.51. The molecule has 18 heavy (non-hydrogen) atoms. The van der Waals surface area contributed by atoms with Gasteiger partial charge in [-0.3, -0.25) is 10.1 Å². The molecule has 1 aromatic carbocycles. The fraction of sp³-hybridized carbons (Fsp3) is 0.357. The molecule has 0 radical (unpaired) electrons. The van der Waals surface area contributed by atoms with E-state index in [2.05, 4.69) is 11.2 Å². The van der Waals surface area contributed by atoms with Crippen molar-refractivity contribution in [3.63, 3.8) is 0 Å². The van der Waals surface area contributed by atoms with E-state index in [1.807, 2.05) is 6.92 Å². The fourth-order valence-corrected chi connectivity index (χ4v) is 1.51. The molecule has 4 nitrogen and oxygen atoms in total. The monoisotopic (exact) mass is 247 g/mol. The highest BCUT2D eigenvalue weighted by Gasteiger charge is 2.18. The Morgan fingerprint density at radius 3 is 3.00 bits per heavy atom. The van der Waals surface area contributed by atoms with Crippen LogP contribution in [0.1, 0.15) is 24.9 Å². The number of nitrogens with one attached hydrogen (secondary N) is 1. The standard InChI is InChI=1S/C14H17NO3/c1-3-8-15-13(14(16)17)11-6-5-7-12(10-11)18-9-4-2/h1,5-7,10,13,15H,4,8-9H2,2H3,(H,16,17). The van der Waals surface area contributed by atoms with E-state index in [9.17, 15) is 4.79 Å². The van der Waals surface area contributed by atoms with Gasteiger partial charge in [0.1, 0.15) is 11.8 Å². The molecular weight excluding hydrogens is 230 g/mol. The first-order valence-corrected chi connectivity index (χ1v) is 5.81. The lowest BCUT2D eigenvalue weighted by Gasteiger charge is -2.14. The summed E-state index contributed by atoms with van der Waals surface area (Å²) in [6, 6.07) is 6.22. The maximum absolute atomic E-state index is 11.2. The van der Waals surface area contributed by atoms with Gasteiger partial charge in [0, 0.05) is 0 Å². The Morgan fingerprint density at radius 1 is 1.61 bits per heavy atom. The van der Waals surface area contributed by atoms with Gasteiger partial charge in [-0.1, -0.05) is 25.0 Å². The summed E-state index contributed by atoms with van der Waals surface area (Å²) in [7, 11) is 0. The topological polar surface area (TPSA) is 58.6 Å². The van der Waals surface area contributed by atoms with Gasteiger partial charge < -0.3 is 9.84 Å². The third kappa shape index (κ3) is 4.11. The molecule has 0 aliphatic carbocycles. The molecule has 0 fully saturated rings. The van der Waals surface area contributed by atoms with Gasteiger partial charge in [-0.25, -0.2) is 0 Å². The first-order valence-electron chi connectivity index (χ1n) is 5.81. The molecule has 1 atom stereocenters. The molecule has 0 aromatic heterocycles. The van der Waals surface area contributed by atoms with Gasteiger partial charge in [0.05, 0.1) is 13.2 Å². The predicted molar refractivity (Wildman–Crippen MR) is 69.4 cm³/mol. The van der Waals surface area contributed by atoms with Crippen LogP contribution < -0.4 is 10.1 Å². The Balaban J connectivity index is 2.84. The minimum atomic E-state index is -0.960. The summed E-state index contributed by atoms with van der Waals surface area (Å²) in [4.78, 5) is 11.2. The molecule has 4 heteroatoms.